The Kier molecular flexibility index (Phi) is 6.75. The lowest BCUT2D eigenvalue weighted by Gasteiger charge is -2.21. The number of hydrogen-bond donors (Lipinski definition) is 2. The summed E-state index contributed by atoms with van der Waals surface area (Å²) in [5.74, 6) is -1.02. The number of hydrogen-bond acceptors (Lipinski definition) is 4. The van der Waals surface area contributed by atoms with Crippen molar-refractivity contribution >= 4 is 23.5 Å². The Morgan fingerprint density at radius 2 is 1.74 bits per heavy atom. The maximum Gasteiger partial charge on any atom is 0.306 e. The molecule has 1 rings (SSSR count). The molecule has 0 atom stereocenters. The first-order valence-electron chi connectivity index (χ1n) is 7.60. The number of para-hydroxylation sites is 1. The molecule has 0 radical (unpaired) electrons. The normalized spacial score (nSPS) is 10.8. The van der Waals surface area contributed by atoms with E-state index in [1.165, 1.54) is 0 Å². The molecule has 0 spiro atoms. The van der Waals surface area contributed by atoms with Crippen LogP contribution >= 0.6 is 0 Å². The Hall–Kier alpha value is -2.37. The SMILES string of the molecule is CCOC(=O)CCC(=O)Nc1ccccc1C(=O)NC(C)(C)C. The van der Waals surface area contributed by atoms with Gasteiger partial charge in [-0.15, -0.1) is 0 Å². The van der Waals surface area contributed by atoms with Crippen LogP contribution in [0.15, 0.2) is 24.3 Å². The number of rotatable bonds is 6. The van der Waals surface area contributed by atoms with Gasteiger partial charge in [-0.05, 0) is 39.8 Å². The summed E-state index contributed by atoms with van der Waals surface area (Å²) >= 11 is 0. The van der Waals surface area contributed by atoms with Crippen LogP contribution in [0.4, 0.5) is 5.69 Å². The third-order valence-electron chi connectivity index (χ3n) is 2.80. The highest BCUT2D eigenvalue weighted by Crippen LogP contribution is 2.16. The van der Waals surface area contributed by atoms with E-state index in [0.717, 1.165) is 0 Å². The van der Waals surface area contributed by atoms with E-state index in [4.69, 9.17) is 4.74 Å². The molecule has 6 heteroatoms. The Balaban J connectivity index is 2.72. The molecular weight excluding hydrogens is 296 g/mol. The second-order valence-corrected chi connectivity index (χ2v) is 6.10. The van der Waals surface area contributed by atoms with Gasteiger partial charge in [-0.25, -0.2) is 0 Å². The quantitative estimate of drug-likeness (QED) is 0.789. The summed E-state index contributed by atoms with van der Waals surface area (Å²) in [6.45, 7) is 7.64. The van der Waals surface area contributed by atoms with Crippen LogP contribution in [0.1, 0.15) is 50.9 Å². The van der Waals surface area contributed by atoms with Crippen molar-refractivity contribution in [2.45, 2.75) is 46.1 Å². The molecule has 23 heavy (non-hydrogen) atoms. The number of carbonyl (C=O) groups is 3. The van der Waals surface area contributed by atoms with Gasteiger partial charge in [0, 0.05) is 12.0 Å². The van der Waals surface area contributed by atoms with Crippen molar-refractivity contribution in [3.05, 3.63) is 29.8 Å². The molecule has 0 aliphatic rings. The summed E-state index contributed by atoms with van der Waals surface area (Å²) in [7, 11) is 0. The van der Waals surface area contributed by atoms with E-state index in [1.54, 1.807) is 31.2 Å². The number of esters is 1. The van der Waals surface area contributed by atoms with Gasteiger partial charge in [0.05, 0.1) is 24.3 Å². The van der Waals surface area contributed by atoms with Gasteiger partial charge in [0.2, 0.25) is 5.91 Å². The fourth-order valence-electron chi connectivity index (χ4n) is 1.86. The molecule has 0 fully saturated rings. The van der Waals surface area contributed by atoms with Crippen LogP contribution < -0.4 is 10.6 Å². The average molecular weight is 320 g/mol. The fraction of sp³-hybridized carbons (Fsp3) is 0.471. The van der Waals surface area contributed by atoms with Crippen molar-refractivity contribution in [1.29, 1.82) is 0 Å². The van der Waals surface area contributed by atoms with E-state index in [-0.39, 0.29) is 36.8 Å². The molecular formula is C17H24N2O4. The van der Waals surface area contributed by atoms with Crippen LogP contribution in [0.2, 0.25) is 0 Å². The fourth-order valence-corrected chi connectivity index (χ4v) is 1.86. The molecule has 0 saturated carbocycles. The summed E-state index contributed by atoms with van der Waals surface area (Å²) in [4.78, 5) is 35.5. The van der Waals surface area contributed by atoms with Crippen molar-refractivity contribution < 1.29 is 19.1 Å². The van der Waals surface area contributed by atoms with Gasteiger partial charge < -0.3 is 15.4 Å². The lowest BCUT2D eigenvalue weighted by Crippen LogP contribution is -2.40. The number of amides is 2. The summed E-state index contributed by atoms with van der Waals surface area (Å²) < 4.78 is 4.78. The average Bonchev–Trinajstić information content (AvgIpc) is 2.44. The molecule has 2 amide bonds. The predicted octanol–water partition coefficient (Wildman–Crippen LogP) is 2.50. The molecule has 0 saturated heterocycles. The minimum Gasteiger partial charge on any atom is -0.466 e. The van der Waals surface area contributed by atoms with Gasteiger partial charge >= 0.3 is 5.97 Å². The number of nitrogens with one attached hydrogen (secondary N) is 2. The van der Waals surface area contributed by atoms with Crippen LogP contribution in [0.5, 0.6) is 0 Å². The lowest BCUT2D eigenvalue weighted by molar-refractivity contribution is -0.144. The summed E-state index contributed by atoms with van der Waals surface area (Å²) in [5, 5.41) is 5.52. The Morgan fingerprint density at radius 3 is 2.35 bits per heavy atom. The standard InChI is InChI=1S/C17H24N2O4/c1-5-23-15(21)11-10-14(20)18-13-9-7-6-8-12(13)16(22)19-17(2,3)4/h6-9H,5,10-11H2,1-4H3,(H,18,20)(H,19,22). The molecule has 2 N–H and O–H groups in total. The van der Waals surface area contributed by atoms with Crippen LogP contribution in [-0.4, -0.2) is 29.9 Å². The van der Waals surface area contributed by atoms with Gasteiger partial charge in [0.1, 0.15) is 0 Å². The summed E-state index contributed by atoms with van der Waals surface area (Å²) in [5.41, 5.74) is 0.424. The zero-order valence-corrected chi connectivity index (χ0v) is 14.1. The first-order valence-corrected chi connectivity index (χ1v) is 7.60. The van der Waals surface area contributed by atoms with Crippen LogP contribution in [0.3, 0.4) is 0 Å². The minimum atomic E-state index is -0.415. The number of benzene rings is 1. The minimum absolute atomic E-state index is 0.00799. The first-order chi connectivity index (χ1) is 10.7. The monoisotopic (exact) mass is 320 g/mol. The lowest BCUT2D eigenvalue weighted by atomic mass is 10.1. The van der Waals surface area contributed by atoms with Crippen molar-refractivity contribution in [2.75, 3.05) is 11.9 Å². The third-order valence-corrected chi connectivity index (χ3v) is 2.80. The number of ether oxygens (including phenoxy) is 1. The zero-order chi connectivity index (χ0) is 17.5. The van der Waals surface area contributed by atoms with Gasteiger partial charge in [0.15, 0.2) is 0 Å². The third kappa shape index (κ3) is 6.95. The molecule has 6 nitrogen and oxygen atoms in total. The molecule has 0 heterocycles. The predicted molar refractivity (Wildman–Crippen MR) is 88.2 cm³/mol. The van der Waals surface area contributed by atoms with E-state index in [2.05, 4.69) is 10.6 Å². The van der Waals surface area contributed by atoms with E-state index in [9.17, 15) is 14.4 Å². The highest BCUT2D eigenvalue weighted by Gasteiger charge is 2.18. The van der Waals surface area contributed by atoms with Gasteiger partial charge in [-0.1, -0.05) is 12.1 Å². The molecule has 0 aromatic heterocycles. The topological polar surface area (TPSA) is 84.5 Å². The first kappa shape index (κ1) is 18.7. The second-order valence-electron chi connectivity index (χ2n) is 6.10. The van der Waals surface area contributed by atoms with Crippen molar-refractivity contribution in [3.8, 4) is 0 Å². The van der Waals surface area contributed by atoms with Gasteiger partial charge in [-0.3, -0.25) is 14.4 Å². The Labute approximate surface area is 136 Å². The van der Waals surface area contributed by atoms with Crippen molar-refractivity contribution in [3.63, 3.8) is 0 Å². The van der Waals surface area contributed by atoms with Crippen molar-refractivity contribution in [2.24, 2.45) is 0 Å². The number of carbonyl (C=O) groups excluding carboxylic acids is 3. The largest absolute Gasteiger partial charge is 0.466 e. The van der Waals surface area contributed by atoms with E-state index < -0.39 is 5.97 Å². The molecule has 0 bridgehead atoms. The zero-order valence-electron chi connectivity index (χ0n) is 14.1. The Morgan fingerprint density at radius 1 is 1.09 bits per heavy atom. The molecule has 1 aromatic carbocycles. The van der Waals surface area contributed by atoms with Gasteiger partial charge in [0.25, 0.3) is 5.91 Å². The van der Waals surface area contributed by atoms with Gasteiger partial charge in [-0.2, -0.15) is 0 Å². The van der Waals surface area contributed by atoms with Crippen LogP contribution in [-0.2, 0) is 14.3 Å². The maximum absolute atomic E-state index is 12.3. The second kappa shape index (κ2) is 8.31. The smallest absolute Gasteiger partial charge is 0.306 e. The van der Waals surface area contributed by atoms with E-state index >= 15 is 0 Å². The molecule has 0 unspecified atom stereocenters. The Bertz CT molecular complexity index is 576. The van der Waals surface area contributed by atoms with E-state index in [1.807, 2.05) is 20.8 Å². The van der Waals surface area contributed by atoms with Crippen LogP contribution in [0, 0.1) is 0 Å². The molecule has 0 aliphatic heterocycles. The number of anilines is 1. The molecule has 0 aliphatic carbocycles. The van der Waals surface area contributed by atoms with E-state index in [0.29, 0.717) is 11.3 Å². The maximum atomic E-state index is 12.3. The molecule has 126 valence electrons. The highest BCUT2D eigenvalue weighted by atomic mass is 16.5. The van der Waals surface area contributed by atoms with Crippen LogP contribution in [0.25, 0.3) is 0 Å². The summed E-state index contributed by atoms with van der Waals surface area (Å²) in [6, 6.07) is 6.75. The highest BCUT2D eigenvalue weighted by molar-refractivity contribution is 6.04. The summed E-state index contributed by atoms with van der Waals surface area (Å²) in [6.07, 6.45) is 0.0179. The van der Waals surface area contributed by atoms with Crippen molar-refractivity contribution in [1.82, 2.24) is 5.32 Å². The molecule has 1 aromatic rings.